The molecule has 90 valence electrons. The van der Waals surface area contributed by atoms with Crippen LogP contribution in [0.25, 0.3) is 0 Å². The van der Waals surface area contributed by atoms with Crippen molar-refractivity contribution in [2.24, 2.45) is 16.7 Å². The van der Waals surface area contributed by atoms with E-state index in [1.54, 1.807) is 0 Å². The minimum Gasteiger partial charge on any atom is -0.402 e. The summed E-state index contributed by atoms with van der Waals surface area (Å²) in [4.78, 5) is 0. The van der Waals surface area contributed by atoms with Crippen molar-refractivity contribution in [2.75, 3.05) is 0 Å². The maximum atomic E-state index is 9.11. The van der Waals surface area contributed by atoms with Crippen LogP contribution in [0.4, 0.5) is 0 Å². The third-order valence-electron chi connectivity index (χ3n) is 4.93. The fourth-order valence-corrected chi connectivity index (χ4v) is 5.70. The van der Waals surface area contributed by atoms with Gasteiger partial charge < -0.3 is 14.7 Å². The minimum absolute atomic E-state index is 0.253. The molecule has 0 aliphatic heterocycles. The van der Waals surface area contributed by atoms with E-state index in [1.807, 2.05) is 0 Å². The first kappa shape index (κ1) is 11.1. The van der Waals surface area contributed by atoms with Crippen molar-refractivity contribution in [3.8, 4) is 0 Å². The van der Waals surface area contributed by atoms with Crippen LogP contribution in [0.5, 0.6) is 0 Å². The zero-order chi connectivity index (χ0) is 11.6. The first-order valence-electron chi connectivity index (χ1n) is 6.36. The monoisotopic (exact) mass is 224 g/mol. The van der Waals surface area contributed by atoms with E-state index in [-0.39, 0.29) is 5.60 Å². The Kier molecular flexibility index (Phi) is 2.10. The van der Waals surface area contributed by atoms with Gasteiger partial charge in [0, 0.05) is 0 Å². The number of hydrogen-bond acceptors (Lipinski definition) is 3. The van der Waals surface area contributed by atoms with E-state index < -0.39 is 7.32 Å². The van der Waals surface area contributed by atoms with Crippen LogP contribution in [-0.2, 0) is 4.65 Å². The molecule has 4 saturated carbocycles. The van der Waals surface area contributed by atoms with Gasteiger partial charge in [-0.1, -0.05) is 13.8 Å². The fraction of sp³-hybridized carbons (Fsp3) is 1.00. The Labute approximate surface area is 97.4 Å². The van der Waals surface area contributed by atoms with Crippen LogP contribution in [0, 0.1) is 16.7 Å². The normalized spacial score (nSPS) is 54.4. The molecule has 4 aliphatic carbocycles. The number of hydrogen-bond donors (Lipinski definition) is 2. The molecule has 0 spiro atoms. The van der Waals surface area contributed by atoms with Crippen molar-refractivity contribution in [1.82, 2.24) is 0 Å². The molecule has 4 aliphatic rings. The third-order valence-corrected chi connectivity index (χ3v) is 4.93. The Hall–Kier alpha value is -0.0551. The van der Waals surface area contributed by atoms with E-state index in [2.05, 4.69) is 13.8 Å². The summed E-state index contributed by atoms with van der Waals surface area (Å²) in [5.41, 5.74) is 0.475. The van der Waals surface area contributed by atoms with Gasteiger partial charge in [-0.2, -0.15) is 0 Å². The fourth-order valence-electron chi connectivity index (χ4n) is 5.70. The van der Waals surface area contributed by atoms with E-state index in [0.717, 1.165) is 25.2 Å². The maximum absolute atomic E-state index is 9.11. The lowest BCUT2D eigenvalue weighted by Gasteiger charge is -2.65. The highest BCUT2D eigenvalue weighted by molar-refractivity contribution is 6.32. The summed E-state index contributed by atoms with van der Waals surface area (Å²) in [6, 6.07) is 0. The highest BCUT2D eigenvalue weighted by Gasteiger charge is 2.61. The first-order valence-corrected chi connectivity index (χ1v) is 6.36. The molecule has 0 aromatic rings. The summed E-state index contributed by atoms with van der Waals surface area (Å²) in [7, 11) is -1.61. The zero-order valence-corrected chi connectivity index (χ0v) is 10.2. The summed E-state index contributed by atoms with van der Waals surface area (Å²) in [6.07, 6.45) is 6.91. The summed E-state index contributed by atoms with van der Waals surface area (Å²) < 4.78 is 5.49. The lowest BCUT2D eigenvalue weighted by atomic mass is 9.43. The van der Waals surface area contributed by atoms with Crippen LogP contribution in [0.2, 0.25) is 0 Å². The summed E-state index contributed by atoms with van der Waals surface area (Å²) in [5, 5.41) is 18.2. The Morgan fingerprint density at radius 1 is 1.00 bits per heavy atom. The van der Waals surface area contributed by atoms with Crippen molar-refractivity contribution in [3.05, 3.63) is 0 Å². The second-order valence-electron chi connectivity index (χ2n) is 7.26. The summed E-state index contributed by atoms with van der Waals surface area (Å²) >= 11 is 0. The molecular formula is C12H21BO3. The predicted octanol–water partition coefficient (Wildman–Crippen LogP) is 1.72. The minimum atomic E-state index is -1.61. The Morgan fingerprint density at radius 2 is 1.56 bits per heavy atom. The molecule has 4 fully saturated rings. The molecule has 4 bridgehead atoms. The van der Waals surface area contributed by atoms with Crippen molar-refractivity contribution < 1.29 is 14.7 Å². The van der Waals surface area contributed by atoms with Crippen molar-refractivity contribution in [3.63, 3.8) is 0 Å². The lowest BCUT2D eigenvalue weighted by Crippen LogP contribution is -2.60. The van der Waals surface area contributed by atoms with Crippen LogP contribution in [0.15, 0.2) is 0 Å². The second kappa shape index (κ2) is 3.03. The largest absolute Gasteiger partial charge is 0.634 e. The van der Waals surface area contributed by atoms with Gasteiger partial charge in [0.2, 0.25) is 0 Å². The van der Waals surface area contributed by atoms with Gasteiger partial charge in [0.25, 0.3) is 0 Å². The summed E-state index contributed by atoms with van der Waals surface area (Å²) in [6.45, 7) is 4.69. The van der Waals surface area contributed by atoms with E-state index in [9.17, 15) is 0 Å². The van der Waals surface area contributed by atoms with Gasteiger partial charge in [0.15, 0.2) is 0 Å². The molecule has 0 heterocycles. The highest BCUT2D eigenvalue weighted by atomic mass is 16.6. The Balaban J connectivity index is 1.92. The molecule has 4 heteroatoms. The smallest absolute Gasteiger partial charge is 0.402 e. The van der Waals surface area contributed by atoms with Crippen molar-refractivity contribution in [1.29, 1.82) is 0 Å². The van der Waals surface area contributed by atoms with Gasteiger partial charge in [-0.25, -0.2) is 0 Å². The number of rotatable bonds is 2. The predicted molar refractivity (Wildman–Crippen MR) is 61.4 cm³/mol. The van der Waals surface area contributed by atoms with Crippen LogP contribution < -0.4 is 0 Å². The highest BCUT2D eigenvalue weighted by Crippen LogP contribution is 2.67. The van der Waals surface area contributed by atoms with Gasteiger partial charge >= 0.3 is 7.32 Å². The molecule has 16 heavy (non-hydrogen) atoms. The quantitative estimate of drug-likeness (QED) is 0.702. The van der Waals surface area contributed by atoms with Gasteiger partial charge in [0.1, 0.15) is 0 Å². The van der Waals surface area contributed by atoms with E-state index >= 15 is 0 Å². The van der Waals surface area contributed by atoms with Crippen LogP contribution in [-0.4, -0.2) is 23.0 Å². The SMILES string of the molecule is CC12CC3CC(C)(C1)CC(OB(O)O)(C3)C2. The van der Waals surface area contributed by atoms with Gasteiger partial charge in [0.05, 0.1) is 5.60 Å². The molecule has 2 unspecified atom stereocenters. The van der Waals surface area contributed by atoms with Crippen molar-refractivity contribution in [2.45, 2.75) is 58.0 Å². The van der Waals surface area contributed by atoms with Crippen molar-refractivity contribution >= 4 is 7.32 Å². The third kappa shape index (κ3) is 1.62. The topological polar surface area (TPSA) is 49.7 Å². The Morgan fingerprint density at radius 3 is 2.00 bits per heavy atom. The Bertz CT molecular complexity index is 295. The van der Waals surface area contributed by atoms with Gasteiger partial charge in [-0.15, -0.1) is 0 Å². The van der Waals surface area contributed by atoms with E-state index in [1.165, 1.54) is 19.3 Å². The molecule has 2 atom stereocenters. The van der Waals surface area contributed by atoms with Gasteiger partial charge in [-0.3, -0.25) is 0 Å². The van der Waals surface area contributed by atoms with Gasteiger partial charge in [-0.05, 0) is 55.3 Å². The molecule has 3 nitrogen and oxygen atoms in total. The average molecular weight is 224 g/mol. The van der Waals surface area contributed by atoms with Crippen LogP contribution >= 0.6 is 0 Å². The van der Waals surface area contributed by atoms with E-state index in [0.29, 0.717) is 10.8 Å². The zero-order valence-electron chi connectivity index (χ0n) is 10.2. The molecule has 2 N–H and O–H groups in total. The first-order chi connectivity index (χ1) is 7.32. The molecule has 0 aromatic carbocycles. The van der Waals surface area contributed by atoms with Crippen LogP contribution in [0.1, 0.15) is 52.4 Å². The summed E-state index contributed by atoms with van der Waals surface area (Å²) in [5.74, 6) is 0.727. The molecule has 0 radical (unpaired) electrons. The average Bonchev–Trinajstić information content (AvgIpc) is 1.91. The molecule has 4 rings (SSSR count). The molecular weight excluding hydrogens is 203 g/mol. The standard InChI is InChI=1S/C12H21BO3/c1-10-3-9-4-11(2,6-10)8-12(5-9,7-10)16-13(14)15/h9,14-15H,3-8H2,1-2H3. The van der Waals surface area contributed by atoms with E-state index in [4.69, 9.17) is 14.7 Å². The molecule has 0 amide bonds. The lowest BCUT2D eigenvalue weighted by molar-refractivity contribution is -0.187. The molecule has 0 aromatic heterocycles. The van der Waals surface area contributed by atoms with Crippen LogP contribution in [0.3, 0.4) is 0 Å². The maximum Gasteiger partial charge on any atom is 0.634 e. The second-order valence-corrected chi connectivity index (χ2v) is 7.26. The molecule has 0 saturated heterocycles.